The second-order valence-corrected chi connectivity index (χ2v) is 6.92. The van der Waals surface area contributed by atoms with Crippen LogP contribution in [0.3, 0.4) is 0 Å². The molecule has 0 saturated carbocycles. The quantitative estimate of drug-likeness (QED) is 0.927. The third kappa shape index (κ3) is 3.02. The second kappa shape index (κ2) is 5.64. The van der Waals surface area contributed by atoms with E-state index in [2.05, 4.69) is 36.2 Å². The SMILES string of the molecule is CC(=O)NC1CCCN(c2nc3c(C)cc(C)cc3s2)C1. The van der Waals surface area contributed by atoms with E-state index in [-0.39, 0.29) is 11.9 Å². The van der Waals surface area contributed by atoms with Gasteiger partial charge in [-0.25, -0.2) is 4.98 Å². The summed E-state index contributed by atoms with van der Waals surface area (Å²) in [6.07, 6.45) is 2.15. The molecule has 1 fully saturated rings. The van der Waals surface area contributed by atoms with Gasteiger partial charge in [0.15, 0.2) is 5.13 Å². The normalized spacial score (nSPS) is 19.0. The lowest BCUT2D eigenvalue weighted by atomic mass is 10.1. The zero-order valence-corrected chi connectivity index (χ0v) is 13.6. The van der Waals surface area contributed by atoms with Crippen LogP contribution in [0.2, 0.25) is 0 Å². The monoisotopic (exact) mass is 303 g/mol. The minimum atomic E-state index is 0.0534. The number of anilines is 1. The summed E-state index contributed by atoms with van der Waals surface area (Å²) in [5.41, 5.74) is 3.63. The molecule has 0 spiro atoms. The summed E-state index contributed by atoms with van der Waals surface area (Å²) >= 11 is 1.76. The fourth-order valence-electron chi connectivity index (χ4n) is 3.05. The van der Waals surface area contributed by atoms with Gasteiger partial charge in [-0.1, -0.05) is 17.4 Å². The highest BCUT2D eigenvalue weighted by Crippen LogP contribution is 2.32. The number of fused-ring (bicyclic) bond motifs is 1. The molecule has 0 aliphatic carbocycles. The molecule has 4 nitrogen and oxygen atoms in total. The number of aryl methyl sites for hydroxylation is 2. The number of carbonyl (C=O) groups excluding carboxylic acids is 1. The molecule has 21 heavy (non-hydrogen) atoms. The first-order chi connectivity index (χ1) is 10.0. The number of thiazole rings is 1. The van der Waals surface area contributed by atoms with E-state index in [0.717, 1.165) is 36.6 Å². The predicted octanol–water partition coefficient (Wildman–Crippen LogP) is 3.02. The van der Waals surface area contributed by atoms with Crippen molar-refractivity contribution in [3.8, 4) is 0 Å². The van der Waals surface area contributed by atoms with Crippen LogP contribution in [-0.4, -0.2) is 30.0 Å². The summed E-state index contributed by atoms with van der Waals surface area (Å²) in [6.45, 7) is 7.71. The molecule has 0 bridgehead atoms. The molecule has 0 radical (unpaired) electrons. The third-order valence-electron chi connectivity index (χ3n) is 3.92. The Morgan fingerprint density at radius 1 is 1.43 bits per heavy atom. The van der Waals surface area contributed by atoms with Crippen LogP contribution < -0.4 is 10.2 Å². The second-order valence-electron chi connectivity index (χ2n) is 5.91. The van der Waals surface area contributed by atoms with Crippen LogP contribution in [0.25, 0.3) is 10.2 Å². The third-order valence-corrected chi connectivity index (χ3v) is 4.98. The van der Waals surface area contributed by atoms with Gasteiger partial charge in [-0.05, 0) is 43.9 Å². The molecule has 1 saturated heterocycles. The summed E-state index contributed by atoms with van der Waals surface area (Å²) in [4.78, 5) is 18.4. The molecule has 1 atom stereocenters. The fraction of sp³-hybridized carbons (Fsp3) is 0.500. The first kappa shape index (κ1) is 14.3. The van der Waals surface area contributed by atoms with Crippen LogP contribution in [0.5, 0.6) is 0 Å². The predicted molar refractivity (Wildman–Crippen MR) is 88.1 cm³/mol. The molecule has 112 valence electrons. The van der Waals surface area contributed by atoms with E-state index < -0.39 is 0 Å². The van der Waals surface area contributed by atoms with E-state index in [1.165, 1.54) is 15.8 Å². The lowest BCUT2D eigenvalue weighted by Crippen LogP contribution is -2.47. The van der Waals surface area contributed by atoms with Crippen LogP contribution in [-0.2, 0) is 4.79 Å². The Balaban J connectivity index is 1.86. The molecule has 1 N–H and O–H groups in total. The molecule has 5 heteroatoms. The Morgan fingerprint density at radius 3 is 3.00 bits per heavy atom. The van der Waals surface area contributed by atoms with Crippen molar-refractivity contribution in [3.63, 3.8) is 0 Å². The first-order valence-electron chi connectivity index (χ1n) is 7.43. The highest BCUT2D eigenvalue weighted by molar-refractivity contribution is 7.22. The summed E-state index contributed by atoms with van der Waals surface area (Å²) in [5.74, 6) is 0.0534. The number of amides is 1. The van der Waals surface area contributed by atoms with Crippen molar-refractivity contribution in [3.05, 3.63) is 23.3 Å². The standard InChI is InChI=1S/C16H21N3OS/c1-10-7-11(2)15-14(8-10)21-16(18-15)19-6-4-5-13(9-19)17-12(3)20/h7-8,13H,4-6,9H2,1-3H3,(H,17,20). The molecule has 1 aliphatic heterocycles. The molecule has 1 aromatic heterocycles. The number of aromatic nitrogens is 1. The fourth-order valence-corrected chi connectivity index (χ4v) is 4.23. The van der Waals surface area contributed by atoms with E-state index in [9.17, 15) is 4.79 Å². The van der Waals surface area contributed by atoms with Crippen LogP contribution in [0, 0.1) is 13.8 Å². The van der Waals surface area contributed by atoms with Crippen molar-refractivity contribution >= 4 is 32.6 Å². The Morgan fingerprint density at radius 2 is 2.24 bits per heavy atom. The number of hydrogen-bond acceptors (Lipinski definition) is 4. The van der Waals surface area contributed by atoms with Gasteiger partial charge in [-0.15, -0.1) is 0 Å². The molecule has 1 amide bonds. The topological polar surface area (TPSA) is 45.2 Å². The molecule has 1 aliphatic rings. The Labute approximate surface area is 129 Å². The van der Waals surface area contributed by atoms with Crippen LogP contribution in [0.4, 0.5) is 5.13 Å². The zero-order valence-electron chi connectivity index (χ0n) is 12.8. The molecule has 1 aromatic carbocycles. The van der Waals surface area contributed by atoms with Gasteiger partial charge in [0.1, 0.15) is 0 Å². The number of piperidine rings is 1. The van der Waals surface area contributed by atoms with Gasteiger partial charge in [0, 0.05) is 26.1 Å². The molecular formula is C16H21N3OS. The van der Waals surface area contributed by atoms with Crippen LogP contribution in [0.1, 0.15) is 30.9 Å². The van der Waals surface area contributed by atoms with Gasteiger partial charge in [0.05, 0.1) is 10.2 Å². The minimum Gasteiger partial charge on any atom is -0.352 e. The number of nitrogens with zero attached hydrogens (tertiary/aromatic N) is 2. The molecule has 2 heterocycles. The van der Waals surface area contributed by atoms with E-state index in [1.54, 1.807) is 18.3 Å². The van der Waals surface area contributed by atoms with Crippen molar-refractivity contribution in [2.75, 3.05) is 18.0 Å². The maximum atomic E-state index is 11.2. The molecule has 3 rings (SSSR count). The van der Waals surface area contributed by atoms with Crippen molar-refractivity contribution in [2.45, 2.75) is 39.7 Å². The van der Waals surface area contributed by atoms with E-state index >= 15 is 0 Å². The lowest BCUT2D eigenvalue weighted by molar-refractivity contribution is -0.119. The number of hydrogen-bond donors (Lipinski definition) is 1. The highest BCUT2D eigenvalue weighted by atomic mass is 32.1. The summed E-state index contributed by atoms with van der Waals surface area (Å²) in [5, 5.41) is 4.11. The number of benzene rings is 1. The Hall–Kier alpha value is -1.62. The minimum absolute atomic E-state index is 0.0534. The van der Waals surface area contributed by atoms with E-state index in [1.807, 2.05) is 0 Å². The summed E-state index contributed by atoms with van der Waals surface area (Å²) < 4.78 is 1.25. The van der Waals surface area contributed by atoms with Crippen molar-refractivity contribution in [1.29, 1.82) is 0 Å². The smallest absolute Gasteiger partial charge is 0.217 e. The maximum Gasteiger partial charge on any atom is 0.217 e. The number of nitrogens with one attached hydrogen (secondary N) is 1. The van der Waals surface area contributed by atoms with Crippen LogP contribution in [0.15, 0.2) is 12.1 Å². The van der Waals surface area contributed by atoms with Crippen molar-refractivity contribution < 1.29 is 4.79 Å². The Bertz CT molecular complexity index is 679. The Kier molecular flexibility index (Phi) is 3.85. The van der Waals surface area contributed by atoms with E-state index in [4.69, 9.17) is 4.98 Å². The van der Waals surface area contributed by atoms with Gasteiger partial charge in [-0.3, -0.25) is 4.79 Å². The van der Waals surface area contributed by atoms with Gasteiger partial charge in [0.25, 0.3) is 0 Å². The average molecular weight is 303 g/mol. The molecule has 1 unspecified atom stereocenters. The highest BCUT2D eigenvalue weighted by Gasteiger charge is 2.23. The van der Waals surface area contributed by atoms with E-state index in [0.29, 0.717) is 0 Å². The first-order valence-corrected chi connectivity index (χ1v) is 8.24. The maximum absolute atomic E-state index is 11.2. The number of rotatable bonds is 2. The summed E-state index contributed by atoms with van der Waals surface area (Å²) in [7, 11) is 0. The average Bonchev–Trinajstić information content (AvgIpc) is 2.82. The summed E-state index contributed by atoms with van der Waals surface area (Å²) in [6, 6.07) is 4.63. The van der Waals surface area contributed by atoms with Gasteiger partial charge >= 0.3 is 0 Å². The molecule has 2 aromatic rings. The van der Waals surface area contributed by atoms with Crippen LogP contribution >= 0.6 is 11.3 Å². The van der Waals surface area contributed by atoms with Gasteiger partial charge < -0.3 is 10.2 Å². The van der Waals surface area contributed by atoms with Gasteiger partial charge in [0.2, 0.25) is 5.91 Å². The van der Waals surface area contributed by atoms with Crippen molar-refractivity contribution in [2.24, 2.45) is 0 Å². The molecular weight excluding hydrogens is 282 g/mol. The number of carbonyl (C=O) groups is 1. The van der Waals surface area contributed by atoms with Crippen molar-refractivity contribution in [1.82, 2.24) is 10.3 Å². The zero-order chi connectivity index (χ0) is 15.0. The van der Waals surface area contributed by atoms with Gasteiger partial charge in [-0.2, -0.15) is 0 Å². The largest absolute Gasteiger partial charge is 0.352 e. The lowest BCUT2D eigenvalue weighted by Gasteiger charge is -2.32.